The van der Waals surface area contributed by atoms with Crippen LogP contribution in [0.5, 0.6) is 0 Å². The number of fused-ring (bicyclic) bond motifs is 5. The van der Waals surface area contributed by atoms with Crippen LogP contribution in [0.4, 0.5) is 0 Å². The molecule has 4 aliphatic carbocycles. The van der Waals surface area contributed by atoms with E-state index in [1.807, 2.05) is 0 Å². The normalized spacial score (nSPS) is 26.9. The van der Waals surface area contributed by atoms with Gasteiger partial charge >= 0.3 is 11.9 Å². The Balaban J connectivity index is 0.962. The van der Waals surface area contributed by atoms with Crippen LogP contribution in [-0.4, -0.2) is 50.6 Å². The zero-order chi connectivity index (χ0) is 46.2. The monoisotopic (exact) mass is 1550 g/mol. The fourth-order valence-corrected chi connectivity index (χ4v) is 20.6. The maximum absolute atomic E-state index is 13.3. The van der Waals surface area contributed by atoms with Crippen molar-refractivity contribution in [3.05, 3.63) is 68.5 Å². The highest BCUT2D eigenvalue weighted by Crippen LogP contribution is 2.67. The lowest BCUT2D eigenvalue weighted by atomic mass is 9.47. The molecule has 0 N–H and O–H groups in total. The molecule has 0 saturated heterocycles. The first-order valence-corrected chi connectivity index (χ1v) is 30.5. The summed E-state index contributed by atoms with van der Waals surface area (Å²) in [4.78, 5) is 26.5. The van der Waals surface area contributed by atoms with Gasteiger partial charge in [0.15, 0.2) is 0 Å². The number of rotatable bonds is 22. The summed E-state index contributed by atoms with van der Waals surface area (Å²) in [6, 6.07) is 8.83. The number of carbonyl (C=O) groups is 2. The SMILES string of the molecule is CC(C)CCC[C@@H](C)[C@H]1CC[C@H]2[C@@H]3CC=C4C[C@@H](OC(=O)CCC(=O)OC(COCCCc5c(I)cc(I)cc5I)COCCCc5c(I)cc(I)cc5I)CC[C@]4(C)[C@H]3CC[C@]12C. The molecule has 0 bridgehead atoms. The van der Waals surface area contributed by atoms with Crippen LogP contribution in [-0.2, 0) is 41.4 Å². The van der Waals surface area contributed by atoms with Gasteiger partial charge in [0.2, 0.25) is 0 Å². The number of allylic oxidation sites excluding steroid dienone is 1. The lowest BCUT2D eigenvalue weighted by molar-refractivity contribution is -0.161. The van der Waals surface area contributed by atoms with E-state index in [0.29, 0.717) is 18.6 Å². The number of carbonyl (C=O) groups excluding carboxylic acids is 2. The number of esters is 2. The molecule has 6 rings (SSSR count). The minimum atomic E-state index is -0.551. The molecule has 0 spiro atoms. The Morgan fingerprint density at radius 1 is 0.703 bits per heavy atom. The second kappa shape index (κ2) is 25.7. The van der Waals surface area contributed by atoms with Crippen LogP contribution in [0.1, 0.15) is 142 Å². The first-order valence-electron chi connectivity index (χ1n) is 24.0. The third-order valence-corrected chi connectivity index (χ3v) is 20.7. The molecule has 0 heterocycles. The fraction of sp³-hybridized carbons (Fsp3) is 0.692. The quantitative estimate of drug-likeness (QED) is 0.0506. The maximum atomic E-state index is 13.3. The van der Waals surface area contributed by atoms with E-state index >= 15 is 0 Å². The van der Waals surface area contributed by atoms with Crippen LogP contribution in [0, 0.1) is 67.8 Å². The Kier molecular flexibility index (Phi) is 22.0. The summed E-state index contributed by atoms with van der Waals surface area (Å²) < 4.78 is 31.8. The average molecular weight is 1550 g/mol. The maximum Gasteiger partial charge on any atom is 0.306 e. The van der Waals surface area contributed by atoms with E-state index < -0.39 is 12.1 Å². The summed E-state index contributed by atoms with van der Waals surface area (Å²) in [6.07, 6.45) is 19.1. The van der Waals surface area contributed by atoms with Gasteiger partial charge in [-0.1, -0.05) is 65.5 Å². The largest absolute Gasteiger partial charge is 0.462 e. The van der Waals surface area contributed by atoms with Crippen molar-refractivity contribution in [3.8, 4) is 0 Å². The predicted octanol–water partition coefficient (Wildman–Crippen LogP) is 15.6. The molecule has 0 amide bonds. The Hall–Kier alpha value is 1.42. The minimum Gasteiger partial charge on any atom is -0.462 e. The molecular formula is C52H70I6O6. The van der Waals surface area contributed by atoms with Crippen molar-refractivity contribution >= 4 is 147 Å². The van der Waals surface area contributed by atoms with Gasteiger partial charge in [0.05, 0.1) is 26.1 Å². The van der Waals surface area contributed by atoms with Crippen LogP contribution < -0.4 is 0 Å². The van der Waals surface area contributed by atoms with Crippen molar-refractivity contribution < 1.29 is 28.5 Å². The van der Waals surface area contributed by atoms with Gasteiger partial charge in [-0.2, -0.15) is 0 Å². The summed E-state index contributed by atoms with van der Waals surface area (Å²) in [5, 5.41) is 0. The highest BCUT2D eigenvalue weighted by atomic mass is 127. The molecule has 0 aromatic heterocycles. The van der Waals surface area contributed by atoms with Crippen LogP contribution in [0.15, 0.2) is 35.9 Å². The van der Waals surface area contributed by atoms with E-state index in [4.69, 9.17) is 18.9 Å². The Morgan fingerprint density at radius 2 is 1.28 bits per heavy atom. The second-order valence-electron chi connectivity index (χ2n) is 20.3. The van der Waals surface area contributed by atoms with E-state index in [1.54, 1.807) is 0 Å². The van der Waals surface area contributed by atoms with E-state index in [2.05, 4.69) is 201 Å². The van der Waals surface area contributed by atoms with Crippen LogP contribution in [0.3, 0.4) is 0 Å². The lowest BCUT2D eigenvalue weighted by Crippen LogP contribution is -2.51. The molecule has 3 fully saturated rings. The van der Waals surface area contributed by atoms with E-state index in [-0.39, 0.29) is 43.5 Å². The predicted molar refractivity (Wildman–Crippen MR) is 310 cm³/mol. The molecule has 6 nitrogen and oxygen atoms in total. The molecule has 2 aromatic rings. The van der Waals surface area contributed by atoms with Gasteiger partial charge in [0.25, 0.3) is 0 Å². The Labute approximate surface area is 467 Å². The van der Waals surface area contributed by atoms with E-state index in [9.17, 15) is 9.59 Å². The molecular weight excluding hydrogens is 1480 g/mol. The van der Waals surface area contributed by atoms with Gasteiger partial charge in [0.1, 0.15) is 12.2 Å². The third-order valence-electron chi connectivity index (χ3n) is 15.6. The van der Waals surface area contributed by atoms with Crippen LogP contribution >= 0.6 is 136 Å². The molecule has 0 radical (unpaired) electrons. The van der Waals surface area contributed by atoms with E-state index in [1.165, 1.54) is 89.5 Å². The first-order chi connectivity index (χ1) is 30.5. The summed E-state index contributed by atoms with van der Waals surface area (Å²) in [5.41, 5.74) is 4.89. The second-order valence-corrected chi connectivity index (χ2v) is 27.4. The van der Waals surface area contributed by atoms with E-state index in [0.717, 1.165) is 80.5 Å². The molecule has 12 heteroatoms. The lowest BCUT2D eigenvalue weighted by Gasteiger charge is -2.58. The van der Waals surface area contributed by atoms with Crippen molar-refractivity contribution in [2.45, 2.75) is 156 Å². The molecule has 0 unspecified atom stereocenters. The minimum absolute atomic E-state index is 0.0165. The molecule has 3 saturated carbocycles. The summed E-state index contributed by atoms with van der Waals surface area (Å²) in [5.74, 6) is 4.11. The molecule has 64 heavy (non-hydrogen) atoms. The zero-order valence-electron chi connectivity index (χ0n) is 38.6. The summed E-state index contributed by atoms with van der Waals surface area (Å²) in [7, 11) is 0. The summed E-state index contributed by atoms with van der Waals surface area (Å²) in [6.45, 7) is 14.1. The number of ether oxygens (including phenoxy) is 4. The van der Waals surface area contributed by atoms with Crippen molar-refractivity contribution in [2.75, 3.05) is 26.4 Å². The van der Waals surface area contributed by atoms with Crippen molar-refractivity contribution in [1.82, 2.24) is 0 Å². The van der Waals surface area contributed by atoms with Crippen molar-refractivity contribution in [1.29, 1.82) is 0 Å². The molecule has 8 atom stereocenters. The zero-order valence-corrected chi connectivity index (χ0v) is 51.5. The highest BCUT2D eigenvalue weighted by molar-refractivity contribution is 14.1. The summed E-state index contributed by atoms with van der Waals surface area (Å²) >= 11 is 14.4. The van der Waals surface area contributed by atoms with Gasteiger partial charge in [-0.05, 0) is 288 Å². The fourth-order valence-electron chi connectivity index (χ4n) is 12.3. The van der Waals surface area contributed by atoms with Crippen molar-refractivity contribution in [2.24, 2.45) is 46.3 Å². The van der Waals surface area contributed by atoms with Gasteiger partial charge in [-0.25, -0.2) is 0 Å². The number of hydrogen-bond donors (Lipinski definition) is 0. The van der Waals surface area contributed by atoms with Gasteiger partial charge < -0.3 is 18.9 Å². The topological polar surface area (TPSA) is 71.1 Å². The smallest absolute Gasteiger partial charge is 0.306 e. The average Bonchev–Trinajstić information content (AvgIpc) is 3.58. The van der Waals surface area contributed by atoms with Crippen molar-refractivity contribution in [3.63, 3.8) is 0 Å². The number of hydrogen-bond acceptors (Lipinski definition) is 6. The van der Waals surface area contributed by atoms with Crippen LogP contribution in [0.2, 0.25) is 0 Å². The Bertz CT molecular complexity index is 1820. The molecule has 356 valence electrons. The highest BCUT2D eigenvalue weighted by Gasteiger charge is 2.59. The van der Waals surface area contributed by atoms with Gasteiger partial charge in [-0.3, -0.25) is 9.59 Å². The molecule has 2 aromatic carbocycles. The molecule has 4 aliphatic rings. The first kappa shape index (κ1) is 54.7. The third kappa shape index (κ3) is 14.5. The molecule has 0 aliphatic heterocycles. The van der Waals surface area contributed by atoms with Gasteiger partial charge in [-0.15, -0.1) is 0 Å². The Morgan fingerprint density at radius 3 is 1.86 bits per heavy atom. The van der Waals surface area contributed by atoms with Gasteiger partial charge in [0, 0.05) is 41.1 Å². The van der Waals surface area contributed by atoms with Crippen LogP contribution in [0.25, 0.3) is 0 Å². The number of halogens is 6. The standard InChI is InChI=1S/C52H70I6O6/c1-32(2)9-6-10-33(3)42-15-16-43-39-14-13-34-25-37(19-21-51(34,4)44(39)20-22-52(42,43)5)63-49(59)17-18-50(60)64-38(30-61-23-7-11-40-45(55)26-35(53)27-46(40)56)31-62-24-8-12-41-47(57)28-36(54)29-48(41)58/h13,26-29,32-33,37-39,42-44H,6-12,14-25,30-31H2,1-5H3/t33-,37+,39+,42-,43+,44+,51+,52-/m1/s1. The number of benzene rings is 2.